The van der Waals surface area contributed by atoms with Gasteiger partial charge in [0.05, 0.1) is 17.4 Å². The third kappa shape index (κ3) is 4.55. The molecule has 144 valence electrons. The minimum atomic E-state index is -0.921. The van der Waals surface area contributed by atoms with E-state index in [1.165, 1.54) is 6.07 Å². The third-order valence-electron chi connectivity index (χ3n) is 3.91. The van der Waals surface area contributed by atoms with Crippen LogP contribution in [-0.4, -0.2) is 32.0 Å². The van der Waals surface area contributed by atoms with E-state index in [1.807, 2.05) is 35.6 Å². The molecule has 3 aromatic rings. The number of hydrogen-bond donors (Lipinski definition) is 2. The molecule has 1 aromatic heterocycles. The summed E-state index contributed by atoms with van der Waals surface area (Å²) >= 11 is 1.11. The van der Waals surface area contributed by atoms with Crippen molar-refractivity contribution < 1.29 is 14.0 Å². The zero-order valence-corrected chi connectivity index (χ0v) is 15.8. The van der Waals surface area contributed by atoms with E-state index in [1.54, 1.807) is 29.7 Å². The van der Waals surface area contributed by atoms with Gasteiger partial charge in [-0.05, 0) is 24.6 Å². The van der Waals surface area contributed by atoms with Crippen molar-refractivity contribution in [1.82, 2.24) is 20.1 Å². The van der Waals surface area contributed by atoms with Crippen molar-refractivity contribution in [2.45, 2.75) is 23.9 Å². The Balaban J connectivity index is 1.97. The Morgan fingerprint density at radius 3 is 2.50 bits per heavy atom. The number of amides is 3. The number of hydrogen-bond acceptors (Lipinski definition) is 5. The van der Waals surface area contributed by atoms with Gasteiger partial charge < -0.3 is 5.73 Å². The fourth-order valence-corrected chi connectivity index (χ4v) is 3.41. The van der Waals surface area contributed by atoms with Gasteiger partial charge in [-0.1, -0.05) is 54.2 Å². The summed E-state index contributed by atoms with van der Waals surface area (Å²) in [4.78, 5) is 22.9. The van der Waals surface area contributed by atoms with Crippen LogP contribution in [0.5, 0.6) is 0 Å². The second-order valence-corrected chi connectivity index (χ2v) is 7.28. The van der Waals surface area contributed by atoms with Gasteiger partial charge in [0.15, 0.2) is 11.0 Å². The lowest BCUT2D eigenvalue weighted by Crippen LogP contribution is -2.39. The van der Waals surface area contributed by atoms with Crippen LogP contribution in [0.1, 0.15) is 12.5 Å². The molecule has 3 rings (SSSR count). The number of benzene rings is 2. The molecular weight excluding hydrogens is 381 g/mol. The summed E-state index contributed by atoms with van der Waals surface area (Å²) in [6.45, 7) is 2.01. The molecule has 0 saturated carbocycles. The zero-order chi connectivity index (χ0) is 20.1. The lowest BCUT2D eigenvalue weighted by molar-refractivity contribution is -0.119. The Hall–Kier alpha value is -3.20. The lowest BCUT2D eigenvalue weighted by atomic mass is 10.2. The summed E-state index contributed by atoms with van der Waals surface area (Å²) in [7, 11) is 0. The van der Waals surface area contributed by atoms with Crippen LogP contribution in [0.2, 0.25) is 0 Å². The zero-order valence-electron chi connectivity index (χ0n) is 15.0. The number of urea groups is 1. The molecule has 1 heterocycles. The Morgan fingerprint density at radius 2 is 1.82 bits per heavy atom. The highest BCUT2D eigenvalue weighted by Gasteiger charge is 2.22. The molecule has 9 heteroatoms. The van der Waals surface area contributed by atoms with E-state index < -0.39 is 23.0 Å². The summed E-state index contributed by atoms with van der Waals surface area (Å²) in [5, 5.41) is 10.1. The van der Waals surface area contributed by atoms with Gasteiger partial charge in [-0.3, -0.25) is 14.7 Å². The first kappa shape index (κ1) is 19.6. The van der Waals surface area contributed by atoms with Crippen molar-refractivity contribution in [3.8, 4) is 11.4 Å². The number of primary amides is 1. The first-order valence-electron chi connectivity index (χ1n) is 8.44. The Bertz CT molecular complexity index is 993. The van der Waals surface area contributed by atoms with Gasteiger partial charge in [-0.15, -0.1) is 10.2 Å². The molecule has 1 unspecified atom stereocenters. The predicted octanol–water partition coefficient (Wildman–Crippen LogP) is 2.81. The van der Waals surface area contributed by atoms with E-state index >= 15 is 0 Å². The molecule has 2 aromatic carbocycles. The highest BCUT2D eigenvalue weighted by atomic mass is 32.2. The van der Waals surface area contributed by atoms with Crippen molar-refractivity contribution in [2.24, 2.45) is 5.73 Å². The van der Waals surface area contributed by atoms with Gasteiger partial charge in [-0.2, -0.15) is 0 Å². The number of thioether (sulfide) groups is 1. The normalized spacial score (nSPS) is 11.8. The highest BCUT2D eigenvalue weighted by Crippen LogP contribution is 2.29. The largest absolute Gasteiger partial charge is 0.351 e. The van der Waals surface area contributed by atoms with Crippen LogP contribution >= 0.6 is 11.8 Å². The molecule has 0 bridgehead atoms. The monoisotopic (exact) mass is 399 g/mol. The van der Waals surface area contributed by atoms with Crippen LogP contribution in [0.15, 0.2) is 59.8 Å². The second-order valence-electron chi connectivity index (χ2n) is 5.97. The van der Waals surface area contributed by atoms with Crippen LogP contribution in [0, 0.1) is 5.82 Å². The van der Waals surface area contributed by atoms with Crippen LogP contribution in [0.25, 0.3) is 11.4 Å². The van der Waals surface area contributed by atoms with Crippen LogP contribution in [0.3, 0.4) is 0 Å². The maximum absolute atomic E-state index is 14.3. The van der Waals surface area contributed by atoms with Gasteiger partial charge in [0.25, 0.3) is 0 Å². The molecule has 0 aliphatic carbocycles. The molecular formula is C19H18FN5O2S. The topological polar surface area (TPSA) is 103 Å². The van der Waals surface area contributed by atoms with E-state index in [-0.39, 0.29) is 0 Å². The van der Waals surface area contributed by atoms with Gasteiger partial charge in [0, 0.05) is 0 Å². The Labute approximate surface area is 165 Å². The molecule has 0 radical (unpaired) electrons. The number of imide groups is 1. The fourth-order valence-electron chi connectivity index (χ4n) is 2.56. The number of nitrogens with zero attached hydrogens (tertiary/aromatic N) is 3. The Kier molecular flexibility index (Phi) is 6.05. The quantitative estimate of drug-likeness (QED) is 0.621. The fraction of sp³-hybridized carbons (Fsp3) is 0.158. The maximum atomic E-state index is 14.3. The lowest BCUT2D eigenvalue weighted by Gasteiger charge is -2.13. The van der Waals surface area contributed by atoms with E-state index in [0.717, 1.165) is 17.3 Å². The summed E-state index contributed by atoms with van der Waals surface area (Å²) < 4.78 is 16.1. The number of carbonyl (C=O) groups is 2. The average Bonchev–Trinajstić information content (AvgIpc) is 3.04. The van der Waals surface area contributed by atoms with Crippen molar-refractivity contribution >= 4 is 23.7 Å². The van der Waals surface area contributed by atoms with E-state index in [4.69, 9.17) is 5.73 Å². The SMILES string of the molecule is CC(Sc1nnc(-c2ccccc2F)n1Cc1ccccc1)C(=O)NC(N)=O. The van der Waals surface area contributed by atoms with Crippen molar-refractivity contribution in [1.29, 1.82) is 0 Å². The number of nitrogens with two attached hydrogens (primary N) is 1. The molecule has 0 aliphatic rings. The first-order chi connectivity index (χ1) is 13.5. The molecule has 0 fully saturated rings. The molecule has 1 atom stereocenters. The van der Waals surface area contributed by atoms with Gasteiger partial charge >= 0.3 is 6.03 Å². The molecule has 3 N–H and O–H groups in total. The molecule has 3 amide bonds. The summed E-state index contributed by atoms with van der Waals surface area (Å²) in [6, 6.07) is 14.9. The third-order valence-corrected chi connectivity index (χ3v) is 4.99. The van der Waals surface area contributed by atoms with Crippen molar-refractivity contribution in [3.63, 3.8) is 0 Å². The Morgan fingerprint density at radius 1 is 1.14 bits per heavy atom. The van der Waals surface area contributed by atoms with Gasteiger partial charge in [0.2, 0.25) is 5.91 Å². The number of halogens is 1. The smallest absolute Gasteiger partial charge is 0.318 e. The number of carbonyl (C=O) groups excluding carboxylic acids is 2. The van der Waals surface area contributed by atoms with Crippen LogP contribution in [0.4, 0.5) is 9.18 Å². The van der Waals surface area contributed by atoms with Gasteiger partial charge in [-0.25, -0.2) is 9.18 Å². The van der Waals surface area contributed by atoms with Crippen molar-refractivity contribution in [2.75, 3.05) is 0 Å². The molecule has 28 heavy (non-hydrogen) atoms. The van der Waals surface area contributed by atoms with E-state index in [0.29, 0.717) is 23.1 Å². The average molecular weight is 399 g/mol. The molecule has 0 aliphatic heterocycles. The number of aromatic nitrogens is 3. The molecule has 7 nitrogen and oxygen atoms in total. The summed E-state index contributed by atoms with van der Waals surface area (Å²) in [6.07, 6.45) is 0. The van der Waals surface area contributed by atoms with Gasteiger partial charge in [0.1, 0.15) is 5.82 Å². The highest BCUT2D eigenvalue weighted by molar-refractivity contribution is 8.00. The van der Waals surface area contributed by atoms with E-state index in [2.05, 4.69) is 10.2 Å². The maximum Gasteiger partial charge on any atom is 0.318 e. The van der Waals surface area contributed by atoms with Crippen LogP contribution in [-0.2, 0) is 11.3 Å². The molecule has 0 saturated heterocycles. The summed E-state index contributed by atoms with van der Waals surface area (Å²) in [5.74, 6) is -0.605. The minimum absolute atomic E-state index is 0.312. The standard InChI is InChI=1S/C19H18FN5O2S/c1-12(17(26)22-18(21)27)28-19-24-23-16(14-9-5-6-10-15(14)20)25(19)11-13-7-3-2-4-8-13/h2-10,12H,11H2,1H3,(H3,21,22,26,27). The summed E-state index contributed by atoms with van der Waals surface area (Å²) in [5.41, 5.74) is 6.28. The first-order valence-corrected chi connectivity index (χ1v) is 9.32. The second kappa shape index (κ2) is 8.66. The van der Waals surface area contributed by atoms with Crippen LogP contribution < -0.4 is 11.1 Å². The van der Waals surface area contributed by atoms with Crippen molar-refractivity contribution in [3.05, 3.63) is 66.0 Å². The van der Waals surface area contributed by atoms with E-state index in [9.17, 15) is 14.0 Å². The number of rotatable bonds is 6. The number of nitrogens with one attached hydrogen (secondary N) is 1. The molecule has 0 spiro atoms. The minimum Gasteiger partial charge on any atom is -0.351 e. The predicted molar refractivity (Wildman–Crippen MR) is 104 cm³/mol.